The number of hydrogen-bond donors (Lipinski definition) is 1. The molecule has 1 amide bonds. The summed E-state index contributed by atoms with van der Waals surface area (Å²) in [6, 6.07) is 13.0. The molecule has 160 valence electrons. The molecular weight excluding hydrogens is 428 g/mol. The van der Waals surface area contributed by atoms with Gasteiger partial charge in [-0.3, -0.25) is 9.59 Å². The molecule has 1 aliphatic rings. The second-order valence-corrected chi connectivity index (χ2v) is 9.97. The molecule has 0 aromatic heterocycles. The minimum Gasteiger partial charge on any atom is -0.455 e. The SMILES string of the molecule is CN(C)S(=O)(=O)c1cccc(NC(=O)COC(=O)C2(c3ccc(Cl)cc3)CCC2)c1. The van der Waals surface area contributed by atoms with E-state index in [0.29, 0.717) is 23.6 Å². The zero-order valence-electron chi connectivity index (χ0n) is 16.7. The van der Waals surface area contributed by atoms with Crippen LogP contribution in [0.25, 0.3) is 0 Å². The van der Waals surface area contributed by atoms with Crippen LogP contribution in [0.4, 0.5) is 5.69 Å². The fourth-order valence-electron chi connectivity index (χ4n) is 3.32. The highest BCUT2D eigenvalue weighted by atomic mass is 35.5. The van der Waals surface area contributed by atoms with E-state index in [1.54, 1.807) is 30.3 Å². The van der Waals surface area contributed by atoms with Gasteiger partial charge in [-0.25, -0.2) is 12.7 Å². The number of ether oxygens (including phenoxy) is 1. The first-order chi connectivity index (χ1) is 14.1. The molecule has 0 heterocycles. The van der Waals surface area contributed by atoms with Gasteiger partial charge in [-0.05, 0) is 48.7 Å². The van der Waals surface area contributed by atoms with Gasteiger partial charge in [0.15, 0.2) is 6.61 Å². The lowest BCUT2D eigenvalue weighted by Gasteiger charge is -2.39. The van der Waals surface area contributed by atoms with Crippen LogP contribution in [0, 0.1) is 0 Å². The van der Waals surface area contributed by atoms with Crippen LogP contribution in [0.1, 0.15) is 24.8 Å². The molecule has 0 unspecified atom stereocenters. The summed E-state index contributed by atoms with van der Waals surface area (Å²) in [5, 5.41) is 3.15. The number of halogens is 1. The van der Waals surface area contributed by atoms with Gasteiger partial charge in [-0.1, -0.05) is 36.2 Å². The molecule has 0 bridgehead atoms. The third kappa shape index (κ3) is 4.50. The lowest BCUT2D eigenvalue weighted by Crippen LogP contribution is -2.44. The Bertz CT molecular complexity index is 1050. The van der Waals surface area contributed by atoms with E-state index in [2.05, 4.69) is 5.32 Å². The number of esters is 1. The van der Waals surface area contributed by atoms with Crippen LogP contribution in [-0.4, -0.2) is 45.3 Å². The van der Waals surface area contributed by atoms with Crippen LogP contribution in [-0.2, 0) is 29.8 Å². The molecule has 2 aromatic carbocycles. The van der Waals surface area contributed by atoms with Gasteiger partial charge in [0.05, 0.1) is 10.3 Å². The zero-order chi connectivity index (χ0) is 21.9. The van der Waals surface area contributed by atoms with Gasteiger partial charge in [0.2, 0.25) is 10.0 Å². The molecular formula is C21H23ClN2O5S. The fraction of sp³-hybridized carbons (Fsp3) is 0.333. The Hall–Kier alpha value is -2.42. The summed E-state index contributed by atoms with van der Waals surface area (Å²) in [5.41, 5.74) is 0.380. The smallest absolute Gasteiger partial charge is 0.317 e. The van der Waals surface area contributed by atoms with Crippen molar-refractivity contribution in [2.24, 2.45) is 0 Å². The number of nitrogens with one attached hydrogen (secondary N) is 1. The zero-order valence-corrected chi connectivity index (χ0v) is 18.3. The van der Waals surface area contributed by atoms with Crippen molar-refractivity contribution < 1.29 is 22.7 Å². The maximum absolute atomic E-state index is 12.7. The topological polar surface area (TPSA) is 92.8 Å². The predicted octanol–water partition coefficient (Wildman–Crippen LogP) is 3.19. The third-order valence-corrected chi connectivity index (χ3v) is 7.29. The Morgan fingerprint density at radius 2 is 1.80 bits per heavy atom. The molecule has 1 saturated carbocycles. The van der Waals surface area contributed by atoms with E-state index in [1.165, 1.54) is 32.3 Å². The summed E-state index contributed by atoms with van der Waals surface area (Å²) in [6.45, 7) is -0.459. The number of nitrogens with zero attached hydrogens (tertiary/aromatic N) is 1. The number of carbonyl (C=O) groups is 2. The van der Waals surface area contributed by atoms with Crippen molar-refractivity contribution in [2.45, 2.75) is 29.6 Å². The van der Waals surface area contributed by atoms with Gasteiger partial charge in [0.1, 0.15) is 0 Å². The molecule has 9 heteroatoms. The van der Waals surface area contributed by atoms with E-state index in [9.17, 15) is 18.0 Å². The average Bonchev–Trinajstić information content (AvgIpc) is 2.67. The fourth-order valence-corrected chi connectivity index (χ4v) is 4.40. The highest BCUT2D eigenvalue weighted by molar-refractivity contribution is 7.89. The highest BCUT2D eigenvalue weighted by Gasteiger charge is 2.47. The van der Waals surface area contributed by atoms with Crippen LogP contribution in [0.5, 0.6) is 0 Å². The molecule has 0 radical (unpaired) electrons. The van der Waals surface area contributed by atoms with Gasteiger partial charge in [0.25, 0.3) is 5.91 Å². The molecule has 0 aliphatic heterocycles. The predicted molar refractivity (Wildman–Crippen MR) is 114 cm³/mol. The molecule has 0 spiro atoms. The van der Waals surface area contributed by atoms with E-state index in [4.69, 9.17) is 16.3 Å². The van der Waals surface area contributed by atoms with Gasteiger partial charge in [-0.2, -0.15) is 0 Å². The lowest BCUT2D eigenvalue weighted by atomic mass is 9.64. The summed E-state index contributed by atoms with van der Waals surface area (Å²) in [5.74, 6) is -0.997. The van der Waals surface area contributed by atoms with E-state index in [0.717, 1.165) is 16.3 Å². The van der Waals surface area contributed by atoms with Crippen LogP contribution < -0.4 is 5.32 Å². The highest BCUT2D eigenvalue weighted by Crippen LogP contribution is 2.45. The number of benzene rings is 2. The maximum atomic E-state index is 12.7. The first-order valence-corrected chi connectivity index (χ1v) is 11.2. The Balaban J connectivity index is 1.63. The second-order valence-electron chi connectivity index (χ2n) is 7.38. The van der Waals surface area contributed by atoms with Crippen molar-refractivity contribution in [1.82, 2.24) is 4.31 Å². The summed E-state index contributed by atoms with van der Waals surface area (Å²) < 4.78 is 30.8. The van der Waals surface area contributed by atoms with Crippen LogP contribution >= 0.6 is 11.6 Å². The van der Waals surface area contributed by atoms with Crippen molar-refractivity contribution >= 4 is 39.2 Å². The van der Waals surface area contributed by atoms with Crippen molar-refractivity contribution in [2.75, 3.05) is 26.0 Å². The van der Waals surface area contributed by atoms with Crippen LogP contribution in [0.3, 0.4) is 0 Å². The average molecular weight is 451 g/mol. The van der Waals surface area contributed by atoms with E-state index >= 15 is 0 Å². The number of hydrogen-bond acceptors (Lipinski definition) is 5. The largest absolute Gasteiger partial charge is 0.455 e. The minimum absolute atomic E-state index is 0.0541. The number of rotatable bonds is 7. The van der Waals surface area contributed by atoms with Gasteiger partial charge < -0.3 is 10.1 Å². The molecule has 3 rings (SSSR count). The molecule has 0 atom stereocenters. The quantitative estimate of drug-likeness (QED) is 0.654. The van der Waals surface area contributed by atoms with Gasteiger partial charge >= 0.3 is 5.97 Å². The first kappa shape index (κ1) is 22.3. The van der Waals surface area contributed by atoms with Gasteiger partial charge in [0, 0.05) is 24.8 Å². The van der Waals surface area contributed by atoms with E-state index < -0.39 is 33.9 Å². The Kier molecular flexibility index (Phi) is 6.50. The summed E-state index contributed by atoms with van der Waals surface area (Å²) >= 11 is 5.93. The molecule has 7 nitrogen and oxygen atoms in total. The van der Waals surface area contributed by atoms with Crippen molar-refractivity contribution in [3.05, 3.63) is 59.1 Å². The number of sulfonamides is 1. The summed E-state index contributed by atoms with van der Waals surface area (Å²) in [6.07, 6.45) is 2.20. The molecule has 1 aliphatic carbocycles. The number of carbonyl (C=O) groups excluding carboxylic acids is 2. The van der Waals surface area contributed by atoms with Gasteiger partial charge in [-0.15, -0.1) is 0 Å². The van der Waals surface area contributed by atoms with E-state index in [-0.39, 0.29) is 4.90 Å². The Morgan fingerprint density at radius 1 is 1.13 bits per heavy atom. The number of anilines is 1. The molecule has 30 heavy (non-hydrogen) atoms. The Morgan fingerprint density at radius 3 is 2.37 bits per heavy atom. The van der Waals surface area contributed by atoms with Crippen molar-refractivity contribution in [1.29, 1.82) is 0 Å². The number of amides is 1. The molecule has 1 fully saturated rings. The standard InChI is InChI=1S/C21H23ClN2O5S/c1-24(2)30(27,28)18-6-3-5-17(13-18)23-19(25)14-29-20(26)21(11-4-12-21)15-7-9-16(22)10-8-15/h3,5-10,13H,4,11-12,14H2,1-2H3,(H,23,25). The van der Waals surface area contributed by atoms with Crippen LogP contribution in [0.15, 0.2) is 53.4 Å². The lowest BCUT2D eigenvalue weighted by molar-refractivity contribution is -0.156. The van der Waals surface area contributed by atoms with Crippen molar-refractivity contribution in [3.8, 4) is 0 Å². The second kappa shape index (κ2) is 8.75. The molecule has 1 N–H and O–H groups in total. The molecule has 2 aromatic rings. The summed E-state index contributed by atoms with van der Waals surface area (Å²) in [4.78, 5) is 25.0. The Labute approximate surface area is 181 Å². The normalized spacial score (nSPS) is 15.3. The summed E-state index contributed by atoms with van der Waals surface area (Å²) in [7, 11) is -0.767. The molecule has 0 saturated heterocycles. The third-order valence-electron chi connectivity index (χ3n) is 5.23. The van der Waals surface area contributed by atoms with E-state index in [1.807, 2.05) is 0 Å². The first-order valence-electron chi connectivity index (χ1n) is 9.41. The maximum Gasteiger partial charge on any atom is 0.317 e. The minimum atomic E-state index is -3.62. The monoisotopic (exact) mass is 450 g/mol. The van der Waals surface area contributed by atoms with Crippen molar-refractivity contribution in [3.63, 3.8) is 0 Å². The van der Waals surface area contributed by atoms with Crippen LogP contribution in [0.2, 0.25) is 5.02 Å².